The van der Waals surface area contributed by atoms with E-state index in [0.717, 1.165) is 9.45 Å². The van der Waals surface area contributed by atoms with Crippen LogP contribution in [0.1, 0.15) is 203 Å². The first kappa shape index (κ1) is 62.3. The molecule has 2 heterocycles. The second-order valence-corrected chi connectivity index (χ2v) is 23.0. The Morgan fingerprint density at radius 2 is 0.609 bits per heavy atom. The summed E-state index contributed by atoms with van der Waals surface area (Å²) in [6.07, 6.45) is 8.89. The van der Waals surface area contributed by atoms with Crippen molar-refractivity contribution in [2.75, 3.05) is 0 Å². The predicted octanol–water partition coefficient (Wildman–Crippen LogP) is 13.8. The minimum Gasteiger partial charge on any atom is -0.356 e. The molecule has 0 bridgehead atoms. The van der Waals surface area contributed by atoms with Crippen LogP contribution >= 0.6 is 34.8 Å². The molecule has 4 aromatic carbocycles. The minimum absolute atomic E-state index is 0. The summed E-state index contributed by atoms with van der Waals surface area (Å²) in [4.78, 5) is 8.25. The molecule has 0 fully saturated rings. The average molecular weight is 1220 g/mol. The molecule has 0 atom stereocenters. The van der Waals surface area contributed by atoms with Crippen LogP contribution in [0.25, 0.3) is 22.7 Å². The van der Waals surface area contributed by atoms with Gasteiger partial charge in [0, 0.05) is 0 Å². The number of hydrogen-bond donors (Lipinski definition) is 0. The van der Waals surface area contributed by atoms with Gasteiger partial charge < -0.3 is 15.3 Å². The van der Waals surface area contributed by atoms with Crippen LogP contribution in [-0.2, 0) is 22.4 Å². The van der Waals surface area contributed by atoms with Crippen molar-refractivity contribution in [3.05, 3.63) is 157 Å². The molecule has 0 unspecified atom stereocenters. The van der Waals surface area contributed by atoms with E-state index in [0.29, 0.717) is 47.3 Å². The maximum absolute atomic E-state index is 8.25. The summed E-state index contributed by atoms with van der Waals surface area (Å²) in [7, 11) is 0. The number of imidazole rings is 2. The van der Waals surface area contributed by atoms with Gasteiger partial charge in [0.05, 0.1) is 5.09 Å². The van der Waals surface area contributed by atoms with E-state index >= 15 is 0 Å². The Morgan fingerprint density at radius 3 is 0.783 bits per heavy atom. The number of halogens is 3. The van der Waals surface area contributed by atoms with E-state index in [1.54, 1.807) is 0 Å². The van der Waals surface area contributed by atoms with Crippen molar-refractivity contribution in [2.45, 2.75) is 162 Å². The third kappa shape index (κ3) is 16.1. The molecular weight excluding hydrogens is 1150 g/mol. The van der Waals surface area contributed by atoms with Gasteiger partial charge in [-0.25, -0.2) is 0 Å². The maximum Gasteiger partial charge on any atom is 1.00 e. The summed E-state index contributed by atoms with van der Waals surface area (Å²) >= 11 is 21.2. The number of para-hydroxylation sites is 4. The van der Waals surface area contributed by atoms with Crippen LogP contribution in [0.3, 0.4) is 0 Å². The van der Waals surface area contributed by atoms with Crippen LogP contribution in [0.2, 0.25) is 0 Å². The molecule has 6 rings (SSSR count). The largest absolute Gasteiger partial charge is 1.00 e. The minimum atomic E-state index is -1.75. The molecule has 6 aromatic rings. The number of rotatable bonds is 12. The van der Waals surface area contributed by atoms with Crippen molar-refractivity contribution in [3.8, 4) is 22.7 Å². The van der Waals surface area contributed by atoms with Crippen LogP contribution < -0.4 is 18.6 Å². The average Bonchev–Trinajstić information content (AvgIpc) is 3.82. The summed E-state index contributed by atoms with van der Waals surface area (Å²) in [6, 6.07) is 27.0. The number of alkyl halides is 3. The summed E-state index contributed by atoms with van der Waals surface area (Å²) in [5, 5.41) is 14.8. The van der Waals surface area contributed by atoms with Gasteiger partial charge in [0.2, 0.25) is 0 Å². The van der Waals surface area contributed by atoms with Crippen LogP contribution in [0.15, 0.2) is 97.6 Å². The molecule has 380 valence electrons. The molecule has 0 aliphatic heterocycles. The molecule has 0 saturated carbocycles. The summed E-state index contributed by atoms with van der Waals surface area (Å²) < 4.78 is 10.9. The molecule has 0 aliphatic rings. The Bertz CT molecular complexity index is 2140. The van der Waals surface area contributed by atoms with Gasteiger partial charge in [0.25, 0.3) is 0 Å². The molecule has 0 radical (unpaired) electrons. The van der Waals surface area contributed by atoms with Gasteiger partial charge in [-0.3, -0.25) is 0 Å². The zero-order valence-electron chi connectivity index (χ0n) is 43.1. The molecule has 2 aromatic heterocycles. The predicted molar refractivity (Wildman–Crippen MR) is 290 cm³/mol. The van der Waals surface area contributed by atoms with Crippen molar-refractivity contribution >= 4 is 76.3 Å². The van der Waals surface area contributed by atoms with E-state index in [4.69, 9.17) is 50.1 Å². The third-order valence-corrected chi connectivity index (χ3v) is 13.5. The van der Waals surface area contributed by atoms with Gasteiger partial charge in [-0.05, 0) is 0 Å². The molecule has 14 heteroatoms. The van der Waals surface area contributed by atoms with E-state index in [-0.39, 0.29) is 22.4 Å². The second-order valence-electron chi connectivity index (χ2n) is 19.5. The summed E-state index contributed by atoms with van der Waals surface area (Å²) in [6.45, 7) is 36.5. The van der Waals surface area contributed by atoms with E-state index < -0.39 is 9.38 Å². The van der Waals surface area contributed by atoms with Gasteiger partial charge in [-0.1, -0.05) is 34.8 Å². The van der Waals surface area contributed by atoms with Gasteiger partial charge in [0.15, 0.2) is 4.30 Å². The Balaban J connectivity index is 0.000000404. The smallest absolute Gasteiger partial charge is 0.356 e. The monoisotopic (exact) mass is 1220 g/mol. The van der Waals surface area contributed by atoms with E-state index in [1.165, 1.54) is 67.3 Å². The van der Waals surface area contributed by atoms with Crippen LogP contribution in [0, 0.1) is 15.3 Å². The first-order chi connectivity index (χ1) is 31.8. The molecule has 0 amide bonds. The number of benzene rings is 4. The maximum atomic E-state index is 8.25. The summed E-state index contributed by atoms with van der Waals surface area (Å²) in [5.41, 5.74) is 16.4. The van der Waals surface area contributed by atoms with Crippen LogP contribution in [-0.4, -0.2) is 50.5 Å². The number of nitrogens with zero attached hydrogens (tertiary/aromatic N) is 5. The van der Waals surface area contributed by atoms with Crippen molar-refractivity contribution in [1.82, 2.24) is 9.13 Å². The zero-order valence-corrected chi connectivity index (χ0v) is 50.3. The van der Waals surface area contributed by atoms with Gasteiger partial charge in [-0.2, -0.15) is 0 Å². The topological polar surface area (TPSA) is 83.8 Å². The van der Waals surface area contributed by atoms with Crippen molar-refractivity contribution in [2.24, 2.45) is 0 Å². The molecule has 0 N–H and O–H groups in total. The molecule has 0 saturated heterocycles. The van der Waals surface area contributed by atoms with E-state index in [1.807, 2.05) is 0 Å². The fourth-order valence-electron chi connectivity index (χ4n) is 8.59. The quantitative estimate of drug-likeness (QED) is 0.0402. The number of hydrogen-bond acceptors (Lipinski definition) is 3. The van der Waals surface area contributed by atoms with Crippen LogP contribution in [0.5, 0.6) is 0 Å². The Hall–Kier alpha value is -2.85. The van der Waals surface area contributed by atoms with Crippen molar-refractivity contribution < 1.29 is 36.6 Å². The van der Waals surface area contributed by atoms with Crippen LogP contribution in [0.4, 0.5) is 0 Å². The van der Waals surface area contributed by atoms with Gasteiger partial charge in [-0.15, -0.1) is 0 Å². The van der Waals surface area contributed by atoms with Crippen molar-refractivity contribution in [1.29, 1.82) is 0 Å². The fraction of sp³-hybridized carbons (Fsp3) is 0.455. The standard InChI is InChI=1S/2C27H36N2Se.CHCl3.Ag.NO3/c2*1-17(2)21-11-9-12-22(18(3)4)25(21)28-15-16-29(27(28)30)26-23(19(5)6)13-10-14-24(26)20(7)8;2-1(3)4;;2-1(3)4/h2*9-20H,1-8H3;1H;;/q;;;+1;-1. The molecule has 0 aliphatic carbocycles. The Morgan fingerprint density at radius 1 is 0.435 bits per heavy atom. The van der Waals surface area contributed by atoms with Crippen molar-refractivity contribution in [3.63, 3.8) is 0 Å². The Kier molecular flexibility index (Phi) is 25.6. The molecule has 0 spiro atoms. The zero-order chi connectivity index (χ0) is 51.5. The SMILES string of the molecule is CC(C)c1cccc(C(C)C)c1-n1cc[n+](-c2c(C(C)C)cccc2C(C)C)c1[Se-].CC(C)c1cccc(C(C)C)c1-n1cc[n+](-c2c(C(C)C)cccc2C(C)C)c1[Se-].ClC(Cl)Cl.O=[N+]([O-])[O-].[Ag+]. The second kappa shape index (κ2) is 28.4. The number of aromatic nitrogens is 4. The first-order valence-electron chi connectivity index (χ1n) is 23.6. The summed E-state index contributed by atoms with van der Waals surface area (Å²) in [5.74, 6) is 3.69. The normalized spacial score (nSPS) is 11.3. The van der Waals surface area contributed by atoms with E-state index in [2.05, 4.69) is 259 Å². The van der Waals surface area contributed by atoms with Gasteiger partial charge in [0.1, 0.15) is 0 Å². The molecular formula is C55H73AgCl3N5O3Se2. The molecule has 69 heavy (non-hydrogen) atoms. The molecule has 8 nitrogen and oxygen atoms in total. The fourth-order valence-corrected chi connectivity index (χ4v) is 9.87. The van der Waals surface area contributed by atoms with E-state index in [9.17, 15) is 0 Å². The third-order valence-electron chi connectivity index (χ3n) is 11.9. The first-order valence-corrected chi connectivity index (χ1v) is 26.6. The Labute approximate surface area is 460 Å². The van der Waals surface area contributed by atoms with Gasteiger partial charge >= 0.3 is 405 Å².